The average Bonchev–Trinajstić information content (AvgIpc) is 2.79. The van der Waals surface area contributed by atoms with Crippen molar-refractivity contribution in [2.24, 2.45) is 0 Å². The Morgan fingerprint density at radius 3 is 2.61 bits per heavy atom. The largest absolute Gasteiger partial charge is 0.317 e. The minimum Gasteiger partial charge on any atom is -0.317 e. The van der Waals surface area contributed by atoms with E-state index in [-0.39, 0.29) is 5.54 Å². The molecule has 0 amide bonds. The smallest absolute Gasteiger partial charge is 0.113 e. The van der Waals surface area contributed by atoms with Crippen LogP contribution in [0.25, 0.3) is 0 Å². The summed E-state index contributed by atoms with van der Waals surface area (Å²) >= 11 is 1.89. The predicted octanol–water partition coefficient (Wildman–Crippen LogP) is 2.59. The van der Waals surface area contributed by atoms with Crippen LogP contribution in [0.3, 0.4) is 0 Å². The molecule has 18 heavy (non-hydrogen) atoms. The van der Waals surface area contributed by atoms with E-state index in [1.807, 2.05) is 11.3 Å². The molecule has 0 spiro atoms. The predicted molar refractivity (Wildman–Crippen MR) is 78.3 cm³/mol. The molecule has 4 heteroatoms. The Kier molecular flexibility index (Phi) is 4.76. The summed E-state index contributed by atoms with van der Waals surface area (Å²) in [6, 6.07) is 0. The molecule has 0 aromatic carbocycles. The molecule has 0 saturated carbocycles. The highest BCUT2D eigenvalue weighted by atomic mass is 32.1. The number of hydrogen-bond acceptors (Lipinski definition) is 4. The van der Waals surface area contributed by atoms with E-state index in [1.165, 1.54) is 22.0 Å². The lowest BCUT2D eigenvalue weighted by molar-refractivity contribution is 0.245. The van der Waals surface area contributed by atoms with Crippen LogP contribution in [0.4, 0.5) is 0 Å². The van der Waals surface area contributed by atoms with Crippen molar-refractivity contribution in [1.82, 2.24) is 15.6 Å². The third kappa shape index (κ3) is 2.76. The maximum absolute atomic E-state index is 4.91. The normalized spacial score (nSPS) is 19.1. The van der Waals surface area contributed by atoms with Crippen LogP contribution in [0.2, 0.25) is 0 Å². The van der Waals surface area contributed by atoms with E-state index < -0.39 is 0 Å². The average molecular weight is 267 g/mol. The Morgan fingerprint density at radius 1 is 1.33 bits per heavy atom. The molecular formula is C14H25N3S. The van der Waals surface area contributed by atoms with Crippen LogP contribution < -0.4 is 10.6 Å². The summed E-state index contributed by atoms with van der Waals surface area (Å²) in [5, 5.41) is 8.54. The van der Waals surface area contributed by atoms with Gasteiger partial charge in [0.25, 0.3) is 0 Å². The molecule has 1 saturated heterocycles. The second kappa shape index (κ2) is 6.13. The SMILES string of the molecule is CCCNC1(c2nc(CC)c(C)s2)CCNCC1. The first-order valence-electron chi connectivity index (χ1n) is 7.14. The Morgan fingerprint density at radius 2 is 2.06 bits per heavy atom. The van der Waals surface area contributed by atoms with Crippen LogP contribution in [0.1, 0.15) is 48.7 Å². The van der Waals surface area contributed by atoms with Gasteiger partial charge in [-0.15, -0.1) is 11.3 Å². The summed E-state index contributed by atoms with van der Waals surface area (Å²) in [5.41, 5.74) is 1.41. The van der Waals surface area contributed by atoms with Crippen LogP contribution in [0, 0.1) is 6.92 Å². The molecule has 0 unspecified atom stereocenters. The van der Waals surface area contributed by atoms with Gasteiger partial charge in [0.15, 0.2) is 0 Å². The van der Waals surface area contributed by atoms with Gasteiger partial charge in [0.2, 0.25) is 0 Å². The van der Waals surface area contributed by atoms with Crippen molar-refractivity contribution in [3.05, 3.63) is 15.6 Å². The Bertz CT molecular complexity index is 380. The maximum atomic E-state index is 4.91. The molecule has 0 aliphatic carbocycles. The van der Waals surface area contributed by atoms with Crippen molar-refractivity contribution in [2.75, 3.05) is 19.6 Å². The first-order valence-corrected chi connectivity index (χ1v) is 7.96. The molecule has 1 aromatic rings. The monoisotopic (exact) mass is 267 g/mol. The third-order valence-electron chi connectivity index (χ3n) is 3.81. The molecule has 2 rings (SSSR count). The lowest BCUT2D eigenvalue weighted by Gasteiger charge is -2.37. The summed E-state index contributed by atoms with van der Waals surface area (Å²) < 4.78 is 0. The summed E-state index contributed by atoms with van der Waals surface area (Å²) in [6.45, 7) is 9.90. The summed E-state index contributed by atoms with van der Waals surface area (Å²) in [7, 11) is 0. The quantitative estimate of drug-likeness (QED) is 0.861. The van der Waals surface area contributed by atoms with Gasteiger partial charge in [-0.3, -0.25) is 0 Å². The van der Waals surface area contributed by atoms with Crippen LogP contribution in [-0.2, 0) is 12.0 Å². The van der Waals surface area contributed by atoms with Crippen molar-refractivity contribution in [3.63, 3.8) is 0 Å². The second-order valence-corrected chi connectivity index (χ2v) is 6.34. The lowest BCUT2D eigenvalue weighted by Crippen LogP contribution is -2.50. The van der Waals surface area contributed by atoms with Gasteiger partial charge in [0.1, 0.15) is 5.01 Å². The van der Waals surface area contributed by atoms with Gasteiger partial charge in [-0.05, 0) is 52.2 Å². The fourth-order valence-electron chi connectivity index (χ4n) is 2.64. The molecule has 0 bridgehead atoms. The van der Waals surface area contributed by atoms with Crippen molar-refractivity contribution in [1.29, 1.82) is 0 Å². The van der Waals surface area contributed by atoms with Gasteiger partial charge in [-0.2, -0.15) is 0 Å². The van der Waals surface area contributed by atoms with E-state index in [2.05, 4.69) is 31.4 Å². The molecule has 1 aromatic heterocycles. The van der Waals surface area contributed by atoms with Crippen molar-refractivity contribution < 1.29 is 0 Å². The van der Waals surface area contributed by atoms with Crippen LogP contribution in [0.5, 0.6) is 0 Å². The second-order valence-electron chi connectivity index (χ2n) is 5.13. The molecule has 0 atom stereocenters. The van der Waals surface area contributed by atoms with E-state index in [0.29, 0.717) is 0 Å². The number of rotatable bonds is 5. The molecule has 1 fully saturated rings. The first-order chi connectivity index (χ1) is 8.72. The number of hydrogen-bond donors (Lipinski definition) is 2. The molecule has 1 aliphatic rings. The van der Waals surface area contributed by atoms with E-state index in [0.717, 1.165) is 38.9 Å². The number of aryl methyl sites for hydroxylation is 2. The first kappa shape index (κ1) is 14.0. The van der Waals surface area contributed by atoms with Gasteiger partial charge in [0.05, 0.1) is 11.2 Å². The van der Waals surface area contributed by atoms with Crippen LogP contribution in [-0.4, -0.2) is 24.6 Å². The highest BCUT2D eigenvalue weighted by Gasteiger charge is 2.36. The van der Waals surface area contributed by atoms with Gasteiger partial charge in [0, 0.05) is 4.88 Å². The maximum Gasteiger partial charge on any atom is 0.113 e. The van der Waals surface area contributed by atoms with E-state index in [4.69, 9.17) is 4.98 Å². The third-order valence-corrected chi connectivity index (χ3v) is 5.02. The summed E-state index contributed by atoms with van der Waals surface area (Å²) in [4.78, 5) is 6.30. The van der Waals surface area contributed by atoms with Crippen LogP contribution >= 0.6 is 11.3 Å². The number of thiazole rings is 1. The summed E-state index contributed by atoms with van der Waals surface area (Å²) in [5.74, 6) is 0. The topological polar surface area (TPSA) is 37.0 Å². The van der Waals surface area contributed by atoms with Gasteiger partial charge >= 0.3 is 0 Å². The fraction of sp³-hybridized carbons (Fsp3) is 0.786. The Hall–Kier alpha value is -0.450. The molecule has 102 valence electrons. The molecule has 1 aliphatic heterocycles. The zero-order valence-corrected chi connectivity index (χ0v) is 12.6. The van der Waals surface area contributed by atoms with Crippen LogP contribution in [0.15, 0.2) is 0 Å². The molecule has 0 radical (unpaired) electrons. The van der Waals surface area contributed by atoms with Crippen molar-refractivity contribution in [2.45, 2.75) is 52.0 Å². The number of piperidine rings is 1. The van der Waals surface area contributed by atoms with E-state index >= 15 is 0 Å². The highest BCUT2D eigenvalue weighted by molar-refractivity contribution is 7.11. The minimum absolute atomic E-state index is 0.129. The Balaban J connectivity index is 2.26. The van der Waals surface area contributed by atoms with Gasteiger partial charge < -0.3 is 10.6 Å². The zero-order chi connectivity index (χ0) is 13.0. The summed E-state index contributed by atoms with van der Waals surface area (Å²) in [6.07, 6.45) is 4.54. The van der Waals surface area contributed by atoms with Gasteiger partial charge in [-0.25, -0.2) is 4.98 Å². The molecule has 2 heterocycles. The molecule has 2 N–H and O–H groups in total. The van der Waals surface area contributed by atoms with Gasteiger partial charge in [-0.1, -0.05) is 13.8 Å². The van der Waals surface area contributed by atoms with Crippen molar-refractivity contribution >= 4 is 11.3 Å². The zero-order valence-electron chi connectivity index (χ0n) is 11.8. The number of nitrogens with zero attached hydrogens (tertiary/aromatic N) is 1. The number of aromatic nitrogens is 1. The lowest BCUT2D eigenvalue weighted by atomic mass is 9.88. The fourth-order valence-corrected chi connectivity index (χ4v) is 3.87. The standard InChI is InChI=1S/C14H25N3S/c1-4-8-16-14(6-9-15-10-7-14)13-17-12(5-2)11(3)18-13/h15-16H,4-10H2,1-3H3. The highest BCUT2D eigenvalue weighted by Crippen LogP contribution is 2.34. The van der Waals surface area contributed by atoms with Crippen molar-refractivity contribution in [3.8, 4) is 0 Å². The minimum atomic E-state index is 0.129. The number of nitrogens with one attached hydrogen (secondary N) is 2. The molecular weight excluding hydrogens is 242 g/mol. The van der Waals surface area contributed by atoms with E-state index in [9.17, 15) is 0 Å². The molecule has 3 nitrogen and oxygen atoms in total. The Labute approximate surface area is 114 Å². The van der Waals surface area contributed by atoms with E-state index in [1.54, 1.807) is 0 Å².